The number of rotatable bonds is 8. The van der Waals surface area contributed by atoms with Crippen molar-refractivity contribution < 1.29 is 4.79 Å². The van der Waals surface area contributed by atoms with E-state index in [9.17, 15) is 4.79 Å². The fourth-order valence-corrected chi connectivity index (χ4v) is 4.16. The maximum atomic E-state index is 12.0. The predicted octanol–water partition coefficient (Wildman–Crippen LogP) is 3.88. The average molecular weight is 450 g/mol. The van der Waals surface area contributed by atoms with Crippen molar-refractivity contribution >= 4 is 11.9 Å². The highest BCUT2D eigenvalue weighted by Gasteiger charge is 2.16. The van der Waals surface area contributed by atoms with Crippen LogP contribution >= 0.6 is 0 Å². The number of aliphatic imine (C=N–C) groups is 1. The van der Waals surface area contributed by atoms with Gasteiger partial charge in [0.15, 0.2) is 5.96 Å². The number of carbonyl (C=O) groups excluding carboxylic acids is 1. The minimum absolute atomic E-state index is 0.0107. The maximum Gasteiger partial charge on any atom is 0.253 e. The Bertz CT molecular complexity index is 905. The summed E-state index contributed by atoms with van der Waals surface area (Å²) in [6, 6.07) is 16.6. The summed E-state index contributed by atoms with van der Waals surface area (Å²) < 4.78 is 0. The highest BCUT2D eigenvalue weighted by molar-refractivity contribution is 5.93. The van der Waals surface area contributed by atoms with Gasteiger partial charge < -0.3 is 15.5 Å². The molecule has 1 aliphatic rings. The minimum atomic E-state index is 0.0107. The van der Waals surface area contributed by atoms with E-state index in [4.69, 9.17) is 4.99 Å². The second-order valence-corrected chi connectivity index (χ2v) is 9.24. The fourth-order valence-electron chi connectivity index (χ4n) is 4.16. The number of piperidine rings is 1. The lowest BCUT2D eigenvalue weighted by Gasteiger charge is -2.30. The van der Waals surface area contributed by atoms with Crippen LogP contribution in [-0.2, 0) is 19.6 Å². The third kappa shape index (κ3) is 7.90. The molecule has 2 N–H and O–H groups in total. The van der Waals surface area contributed by atoms with Gasteiger partial charge in [0.2, 0.25) is 0 Å². The van der Waals surface area contributed by atoms with Crippen LogP contribution in [0.25, 0.3) is 0 Å². The highest BCUT2D eigenvalue weighted by atomic mass is 16.2. The molecule has 1 saturated heterocycles. The molecule has 1 unspecified atom stereocenters. The molecule has 2 aromatic carbocycles. The first kappa shape index (κ1) is 24.8. The summed E-state index contributed by atoms with van der Waals surface area (Å²) in [4.78, 5) is 20.9. The monoisotopic (exact) mass is 449 g/mol. The van der Waals surface area contributed by atoms with Crippen LogP contribution in [0, 0.1) is 5.92 Å². The Hall–Kier alpha value is -2.86. The number of nitrogens with one attached hydrogen (secondary N) is 2. The van der Waals surface area contributed by atoms with Gasteiger partial charge in [0.1, 0.15) is 0 Å². The van der Waals surface area contributed by atoms with Gasteiger partial charge in [-0.15, -0.1) is 0 Å². The van der Waals surface area contributed by atoms with E-state index in [0.29, 0.717) is 12.1 Å². The van der Waals surface area contributed by atoms with Gasteiger partial charge in [-0.2, -0.15) is 0 Å². The van der Waals surface area contributed by atoms with Gasteiger partial charge in [0, 0.05) is 45.8 Å². The average Bonchev–Trinajstić information content (AvgIpc) is 2.81. The molecular formula is C27H39N5O. The quantitative estimate of drug-likeness (QED) is 0.474. The first-order chi connectivity index (χ1) is 15.9. The van der Waals surface area contributed by atoms with Crippen molar-refractivity contribution in [2.75, 3.05) is 33.7 Å². The Labute approximate surface area is 199 Å². The summed E-state index contributed by atoms with van der Waals surface area (Å²) in [5, 5.41) is 6.73. The van der Waals surface area contributed by atoms with Gasteiger partial charge in [-0.1, -0.05) is 43.3 Å². The summed E-state index contributed by atoms with van der Waals surface area (Å²) in [6.07, 6.45) is 2.67. The van der Waals surface area contributed by atoms with E-state index in [1.807, 2.05) is 24.3 Å². The molecule has 1 fully saturated rings. The van der Waals surface area contributed by atoms with Crippen molar-refractivity contribution in [3.05, 3.63) is 70.8 Å². The molecule has 0 bridgehead atoms. The van der Waals surface area contributed by atoms with Crippen molar-refractivity contribution in [3.63, 3.8) is 0 Å². The molecule has 1 aliphatic heterocycles. The third-order valence-electron chi connectivity index (χ3n) is 6.00. The van der Waals surface area contributed by atoms with Gasteiger partial charge in [-0.05, 0) is 61.1 Å². The predicted molar refractivity (Wildman–Crippen MR) is 136 cm³/mol. The molecule has 1 amide bonds. The molecule has 33 heavy (non-hydrogen) atoms. The SMILES string of the molecule is CCNC(=NCc1ccc(C(=O)N(C)C)cc1)NCc1ccc(CN2CCCC(C)C2)cc1. The topological polar surface area (TPSA) is 60.0 Å². The second kappa shape index (κ2) is 12.4. The number of hydrogen-bond donors (Lipinski definition) is 2. The number of amides is 1. The summed E-state index contributed by atoms with van der Waals surface area (Å²) >= 11 is 0. The van der Waals surface area contributed by atoms with Crippen molar-refractivity contribution in [1.29, 1.82) is 0 Å². The Morgan fingerprint density at radius 2 is 1.70 bits per heavy atom. The summed E-state index contributed by atoms with van der Waals surface area (Å²) in [7, 11) is 3.52. The zero-order valence-corrected chi connectivity index (χ0v) is 20.6. The normalized spacial score (nSPS) is 17.0. The van der Waals surface area contributed by atoms with Crippen molar-refractivity contribution in [1.82, 2.24) is 20.4 Å². The number of guanidine groups is 1. The smallest absolute Gasteiger partial charge is 0.253 e. The molecule has 6 nitrogen and oxygen atoms in total. The summed E-state index contributed by atoms with van der Waals surface area (Å²) in [5.74, 6) is 1.61. The molecule has 1 atom stereocenters. The molecule has 0 radical (unpaired) electrons. The largest absolute Gasteiger partial charge is 0.357 e. The van der Waals surface area contributed by atoms with Gasteiger partial charge in [-0.3, -0.25) is 9.69 Å². The number of hydrogen-bond acceptors (Lipinski definition) is 3. The van der Waals surface area contributed by atoms with E-state index in [2.05, 4.69) is 53.6 Å². The summed E-state index contributed by atoms with van der Waals surface area (Å²) in [6.45, 7) is 9.96. The zero-order valence-electron chi connectivity index (χ0n) is 20.6. The van der Waals surface area contributed by atoms with Crippen LogP contribution in [0.15, 0.2) is 53.5 Å². The zero-order chi connectivity index (χ0) is 23.6. The van der Waals surface area contributed by atoms with E-state index < -0.39 is 0 Å². The lowest BCUT2D eigenvalue weighted by molar-refractivity contribution is 0.0827. The molecule has 0 spiro atoms. The molecule has 0 saturated carbocycles. The molecule has 0 aliphatic carbocycles. The molecule has 3 rings (SSSR count). The van der Waals surface area contributed by atoms with Gasteiger partial charge in [0.25, 0.3) is 5.91 Å². The standard InChI is InChI=1S/C27H39N5O/c1-5-28-27(30-18-23-12-14-25(15-13-23)26(33)31(3)4)29-17-22-8-10-24(11-9-22)20-32-16-6-7-21(2)19-32/h8-15,21H,5-7,16-20H2,1-4H3,(H2,28,29,30). The van der Waals surface area contributed by atoms with Crippen LogP contribution in [0.3, 0.4) is 0 Å². The van der Waals surface area contributed by atoms with Crippen LogP contribution < -0.4 is 10.6 Å². The van der Waals surface area contributed by atoms with E-state index in [-0.39, 0.29) is 5.91 Å². The van der Waals surface area contributed by atoms with Crippen molar-refractivity contribution in [2.45, 2.75) is 46.3 Å². The highest BCUT2D eigenvalue weighted by Crippen LogP contribution is 2.18. The van der Waals surface area contributed by atoms with E-state index in [1.165, 1.54) is 37.1 Å². The number of carbonyl (C=O) groups is 1. The number of benzene rings is 2. The fraction of sp³-hybridized carbons (Fsp3) is 0.481. The Morgan fingerprint density at radius 3 is 2.33 bits per heavy atom. The van der Waals surface area contributed by atoms with Crippen LogP contribution in [0.5, 0.6) is 0 Å². The summed E-state index contributed by atoms with van der Waals surface area (Å²) in [5.41, 5.74) is 4.38. The number of nitrogens with zero attached hydrogens (tertiary/aromatic N) is 3. The molecule has 2 aromatic rings. The number of likely N-dealkylation sites (tertiary alicyclic amines) is 1. The Morgan fingerprint density at radius 1 is 1.03 bits per heavy atom. The van der Waals surface area contributed by atoms with Gasteiger partial charge >= 0.3 is 0 Å². The van der Waals surface area contributed by atoms with Gasteiger partial charge in [-0.25, -0.2) is 4.99 Å². The van der Waals surface area contributed by atoms with Crippen LogP contribution in [0.1, 0.15) is 53.7 Å². The second-order valence-electron chi connectivity index (χ2n) is 9.24. The van der Waals surface area contributed by atoms with Crippen LogP contribution in [0.2, 0.25) is 0 Å². The molecule has 0 aromatic heterocycles. The van der Waals surface area contributed by atoms with Crippen molar-refractivity contribution in [2.24, 2.45) is 10.9 Å². The van der Waals surface area contributed by atoms with Crippen molar-refractivity contribution in [3.8, 4) is 0 Å². The Kier molecular flexibility index (Phi) is 9.31. The molecule has 1 heterocycles. The molecule has 6 heteroatoms. The van der Waals surface area contributed by atoms with Crippen LogP contribution in [0.4, 0.5) is 0 Å². The van der Waals surface area contributed by atoms with Gasteiger partial charge in [0.05, 0.1) is 6.54 Å². The molecular weight excluding hydrogens is 410 g/mol. The third-order valence-corrected chi connectivity index (χ3v) is 6.00. The van der Waals surface area contributed by atoms with E-state index in [0.717, 1.165) is 37.1 Å². The van der Waals surface area contributed by atoms with Crippen LogP contribution in [-0.4, -0.2) is 55.4 Å². The lowest BCUT2D eigenvalue weighted by atomic mass is 9.99. The van der Waals surface area contributed by atoms with E-state index >= 15 is 0 Å². The minimum Gasteiger partial charge on any atom is -0.357 e. The first-order valence-electron chi connectivity index (χ1n) is 12.1. The first-order valence-corrected chi connectivity index (χ1v) is 12.1. The molecule has 178 valence electrons. The maximum absolute atomic E-state index is 12.0. The Balaban J connectivity index is 1.52. The lowest BCUT2D eigenvalue weighted by Crippen LogP contribution is -2.36. The van der Waals surface area contributed by atoms with E-state index in [1.54, 1.807) is 19.0 Å².